The van der Waals surface area contributed by atoms with Crippen LogP contribution in [0.1, 0.15) is 50.5 Å². The molecule has 1 aromatic carbocycles. The summed E-state index contributed by atoms with van der Waals surface area (Å²) >= 11 is 0. The van der Waals surface area contributed by atoms with Crippen molar-refractivity contribution in [2.75, 3.05) is 5.73 Å². The molecule has 0 bridgehead atoms. The molecular formula is C18H24N2. The van der Waals surface area contributed by atoms with Crippen LogP contribution in [0.2, 0.25) is 0 Å². The molecule has 2 aliphatic rings. The molecule has 106 valence electrons. The third-order valence-corrected chi connectivity index (χ3v) is 4.97. The second-order valence-electron chi connectivity index (χ2n) is 6.20. The van der Waals surface area contributed by atoms with Gasteiger partial charge >= 0.3 is 0 Å². The fourth-order valence-electron chi connectivity index (χ4n) is 3.80. The standard InChI is InChI=1S/C18H24N2/c19-16-8-4-14(5-9-16)18(12-2-1-3-13-18)15-6-10-17(20)11-7-15/h4-6,8-10H,1-3,7,11-13,19-20H2. The monoisotopic (exact) mass is 268 g/mol. The van der Waals surface area contributed by atoms with Gasteiger partial charge in [-0.1, -0.05) is 43.0 Å². The van der Waals surface area contributed by atoms with E-state index >= 15 is 0 Å². The molecule has 20 heavy (non-hydrogen) atoms. The minimum Gasteiger partial charge on any atom is -0.402 e. The predicted octanol–water partition coefficient (Wildman–Crippen LogP) is 4.03. The smallest absolute Gasteiger partial charge is 0.0314 e. The van der Waals surface area contributed by atoms with Crippen molar-refractivity contribution in [3.8, 4) is 0 Å². The first-order valence-corrected chi connectivity index (χ1v) is 7.72. The van der Waals surface area contributed by atoms with Crippen molar-refractivity contribution in [1.29, 1.82) is 0 Å². The third kappa shape index (κ3) is 2.35. The summed E-state index contributed by atoms with van der Waals surface area (Å²) in [6.07, 6.45) is 13.0. The Kier molecular flexibility index (Phi) is 3.56. The predicted molar refractivity (Wildman–Crippen MR) is 85.2 cm³/mol. The van der Waals surface area contributed by atoms with E-state index in [9.17, 15) is 0 Å². The van der Waals surface area contributed by atoms with E-state index in [2.05, 4.69) is 24.3 Å². The first kappa shape index (κ1) is 13.3. The zero-order valence-corrected chi connectivity index (χ0v) is 12.1. The summed E-state index contributed by atoms with van der Waals surface area (Å²) in [5.74, 6) is 0. The molecule has 0 atom stereocenters. The van der Waals surface area contributed by atoms with Gasteiger partial charge in [0.2, 0.25) is 0 Å². The van der Waals surface area contributed by atoms with Crippen molar-refractivity contribution in [1.82, 2.24) is 0 Å². The first-order valence-electron chi connectivity index (χ1n) is 7.72. The molecule has 0 aliphatic heterocycles. The van der Waals surface area contributed by atoms with Gasteiger partial charge < -0.3 is 11.5 Å². The van der Waals surface area contributed by atoms with E-state index in [-0.39, 0.29) is 5.41 Å². The van der Waals surface area contributed by atoms with Crippen molar-refractivity contribution in [3.63, 3.8) is 0 Å². The largest absolute Gasteiger partial charge is 0.402 e. The van der Waals surface area contributed by atoms with Crippen LogP contribution in [0.3, 0.4) is 0 Å². The molecule has 0 radical (unpaired) electrons. The van der Waals surface area contributed by atoms with Crippen LogP contribution in [0.15, 0.2) is 47.7 Å². The average Bonchev–Trinajstić information content (AvgIpc) is 2.49. The Balaban J connectivity index is 2.02. The van der Waals surface area contributed by atoms with E-state index in [0.29, 0.717) is 0 Å². The number of rotatable bonds is 2. The molecular weight excluding hydrogens is 244 g/mol. The van der Waals surface area contributed by atoms with Gasteiger partial charge in [-0.15, -0.1) is 0 Å². The van der Waals surface area contributed by atoms with E-state index in [1.54, 1.807) is 5.57 Å². The zero-order valence-electron chi connectivity index (χ0n) is 12.1. The van der Waals surface area contributed by atoms with Crippen molar-refractivity contribution < 1.29 is 0 Å². The molecule has 0 aromatic heterocycles. The highest BCUT2D eigenvalue weighted by atomic mass is 14.6. The van der Waals surface area contributed by atoms with Gasteiger partial charge in [-0.25, -0.2) is 0 Å². The lowest BCUT2D eigenvalue weighted by Gasteiger charge is -2.41. The number of hydrogen-bond acceptors (Lipinski definition) is 2. The highest BCUT2D eigenvalue weighted by Crippen LogP contribution is 2.47. The van der Waals surface area contributed by atoms with E-state index in [0.717, 1.165) is 24.2 Å². The molecule has 1 aromatic rings. The topological polar surface area (TPSA) is 52.0 Å². The quantitative estimate of drug-likeness (QED) is 0.795. The van der Waals surface area contributed by atoms with Crippen molar-refractivity contribution >= 4 is 5.69 Å². The first-order chi connectivity index (χ1) is 9.71. The van der Waals surface area contributed by atoms with Crippen LogP contribution in [-0.2, 0) is 5.41 Å². The van der Waals surface area contributed by atoms with Crippen molar-refractivity contribution in [2.45, 2.75) is 50.4 Å². The molecule has 2 heteroatoms. The van der Waals surface area contributed by atoms with Crippen LogP contribution in [0.4, 0.5) is 5.69 Å². The molecule has 0 amide bonds. The molecule has 2 aliphatic carbocycles. The third-order valence-electron chi connectivity index (χ3n) is 4.97. The molecule has 2 nitrogen and oxygen atoms in total. The second-order valence-corrected chi connectivity index (χ2v) is 6.20. The maximum atomic E-state index is 5.93. The van der Waals surface area contributed by atoms with Gasteiger partial charge in [-0.2, -0.15) is 0 Å². The molecule has 4 N–H and O–H groups in total. The molecule has 1 fully saturated rings. The summed E-state index contributed by atoms with van der Waals surface area (Å²) in [5.41, 5.74) is 16.9. The highest BCUT2D eigenvalue weighted by molar-refractivity contribution is 5.46. The van der Waals surface area contributed by atoms with Gasteiger partial charge in [0.05, 0.1) is 0 Å². The Bertz CT molecular complexity index is 531. The van der Waals surface area contributed by atoms with Gasteiger partial charge in [0.1, 0.15) is 0 Å². The van der Waals surface area contributed by atoms with Crippen LogP contribution >= 0.6 is 0 Å². The van der Waals surface area contributed by atoms with Crippen LogP contribution in [0.25, 0.3) is 0 Å². The van der Waals surface area contributed by atoms with Gasteiger partial charge in [0.25, 0.3) is 0 Å². The minimum atomic E-state index is 0.225. The van der Waals surface area contributed by atoms with Crippen molar-refractivity contribution in [2.24, 2.45) is 5.73 Å². The number of allylic oxidation sites excluding steroid dienone is 4. The fourth-order valence-corrected chi connectivity index (χ4v) is 3.80. The van der Waals surface area contributed by atoms with E-state index in [1.807, 2.05) is 12.1 Å². The zero-order chi connectivity index (χ0) is 14.0. The Morgan fingerprint density at radius 2 is 1.50 bits per heavy atom. The average molecular weight is 268 g/mol. The minimum absolute atomic E-state index is 0.225. The summed E-state index contributed by atoms with van der Waals surface area (Å²) in [5, 5.41) is 0. The summed E-state index contributed by atoms with van der Waals surface area (Å²) in [4.78, 5) is 0. The molecule has 0 saturated heterocycles. The lowest BCUT2D eigenvalue weighted by atomic mass is 9.63. The molecule has 0 heterocycles. The maximum absolute atomic E-state index is 5.93. The Labute approximate surface area is 121 Å². The van der Waals surface area contributed by atoms with Gasteiger partial charge in [-0.05, 0) is 49.5 Å². The second kappa shape index (κ2) is 5.35. The highest BCUT2D eigenvalue weighted by Gasteiger charge is 2.37. The van der Waals surface area contributed by atoms with Crippen LogP contribution < -0.4 is 11.5 Å². The molecule has 0 spiro atoms. The van der Waals surface area contributed by atoms with E-state index < -0.39 is 0 Å². The lowest BCUT2D eigenvalue weighted by molar-refractivity contribution is 0.331. The number of hydrogen-bond donors (Lipinski definition) is 2. The Morgan fingerprint density at radius 1 is 0.800 bits per heavy atom. The van der Waals surface area contributed by atoms with Gasteiger partial charge in [0.15, 0.2) is 0 Å². The molecule has 0 unspecified atom stereocenters. The van der Waals surface area contributed by atoms with Gasteiger partial charge in [-0.3, -0.25) is 0 Å². The number of benzene rings is 1. The van der Waals surface area contributed by atoms with Crippen molar-refractivity contribution in [3.05, 3.63) is 53.3 Å². The summed E-state index contributed by atoms with van der Waals surface area (Å²) in [6, 6.07) is 8.53. The summed E-state index contributed by atoms with van der Waals surface area (Å²) < 4.78 is 0. The van der Waals surface area contributed by atoms with Crippen LogP contribution in [-0.4, -0.2) is 0 Å². The summed E-state index contributed by atoms with van der Waals surface area (Å²) in [7, 11) is 0. The lowest BCUT2D eigenvalue weighted by Crippen LogP contribution is -2.32. The van der Waals surface area contributed by atoms with E-state index in [1.165, 1.54) is 37.7 Å². The van der Waals surface area contributed by atoms with Crippen LogP contribution in [0.5, 0.6) is 0 Å². The number of nitrogen functional groups attached to an aromatic ring is 1. The Hall–Kier alpha value is -1.70. The van der Waals surface area contributed by atoms with Gasteiger partial charge in [0, 0.05) is 16.8 Å². The number of nitrogens with two attached hydrogens (primary N) is 2. The molecule has 3 rings (SSSR count). The normalized spacial score (nSPS) is 22.0. The van der Waals surface area contributed by atoms with Crippen LogP contribution in [0, 0.1) is 0 Å². The number of anilines is 1. The maximum Gasteiger partial charge on any atom is 0.0314 e. The Morgan fingerprint density at radius 3 is 2.10 bits per heavy atom. The fraction of sp³-hybridized carbons (Fsp3) is 0.444. The van der Waals surface area contributed by atoms with E-state index in [4.69, 9.17) is 11.5 Å². The SMILES string of the molecule is NC1=CC=C(C2(c3ccc(N)cc3)CCCCC2)CC1. The summed E-state index contributed by atoms with van der Waals surface area (Å²) in [6.45, 7) is 0. The molecule has 1 saturated carbocycles.